The number of hydrogen-bond acceptors (Lipinski definition) is 3. The molecule has 4 heteroatoms. The predicted molar refractivity (Wildman–Crippen MR) is 71.3 cm³/mol. The Kier molecular flexibility index (Phi) is 3.90. The summed E-state index contributed by atoms with van der Waals surface area (Å²) in [4.78, 5) is 3.89. The lowest BCUT2D eigenvalue weighted by atomic mass is 9.90. The Balaban J connectivity index is 1.86. The van der Waals surface area contributed by atoms with Gasteiger partial charge in [-0.15, -0.1) is 11.3 Å². The van der Waals surface area contributed by atoms with Gasteiger partial charge in [-0.2, -0.15) is 0 Å². The number of halogens is 1. The zero-order valence-corrected chi connectivity index (χ0v) is 11.5. The maximum absolute atomic E-state index is 5.94. The monoisotopic (exact) mass is 258 g/mol. The molecule has 16 heavy (non-hydrogen) atoms. The van der Waals surface area contributed by atoms with E-state index in [1.165, 1.54) is 30.8 Å². The highest BCUT2D eigenvalue weighted by molar-refractivity contribution is 7.16. The molecular formula is C12H19ClN2S. The number of nitrogens with zero attached hydrogens (tertiary/aromatic N) is 1. The van der Waals surface area contributed by atoms with E-state index in [0.717, 1.165) is 10.9 Å². The van der Waals surface area contributed by atoms with Crippen LogP contribution in [0.3, 0.4) is 0 Å². The zero-order chi connectivity index (χ0) is 11.6. The molecule has 1 aromatic heterocycles. The van der Waals surface area contributed by atoms with Gasteiger partial charge in [-0.05, 0) is 38.9 Å². The lowest BCUT2D eigenvalue weighted by Gasteiger charge is -2.39. The topological polar surface area (TPSA) is 15.3 Å². The standard InChI is InChI=1S/C12H19ClN2S/c1-12(14-2)5-7-15(8-6-12)9-10-3-4-11(13)16-10/h3-4,14H,5-9H2,1-2H3. The summed E-state index contributed by atoms with van der Waals surface area (Å²) in [5, 5.41) is 3.42. The molecule has 0 aliphatic carbocycles. The van der Waals surface area contributed by atoms with Crippen molar-refractivity contribution < 1.29 is 0 Å². The van der Waals surface area contributed by atoms with Gasteiger partial charge in [-0.25, -0.2) is 0 Å². The Morgan fingerprint density at radius 3 is 2.62 bits per heavy atom. The number of likely N-dealkylation sites (tertiary alicyclic amines) is 1. The summed E-state index contributed by atoms with van der Waals surface area (Å²) in [5.41, 5.74) is 0.337. The first-order valence-corrected chi connectivity index (χ1v) is 6.96. The molecule has 0 radical (unpaired) electrons. The molecule has 0 saturated carbocycles. The van der Waals surface area contributed by atoms with Crippen LogP contribution in [0.15, 0.2) is 12.1 Å². The smallest absolute Gasteiger partial charge is 0.0931 e. The molecule has 0 atom stereocenters. The molecule has 90 valence electrons. The molecule has 0 aromatic carbocycles. The van der Waals surface area contributed by atoms with Crippen LogP contribution in [0, 0.1) is 0 Å². The second kappa shape index (κ2) is 5.05. The van der Waals surface area contributed by atoms with Crippen molar-refractivity contribution in [2.75, 3.05) is 20.1 Å². The fraction of sp³-hybridized carbons (Fsp3) is 0.667. The largest absolute Gasteiger partial charge is 0.314 e. The van der Waals surface area contributed by atoms with Crippen molar-refractivity contribution in [3.05, 3.63) is 21.3 Å². The number of rotatable bonds is 3. The predicted octanol–water partition coefficient (Wildman–Crippen LogP) is 2.98. The Morgan fingerprint density at radius 2 is 2.12 bits per heavy atom. The van der Waals surface area contributed by atoms with E-state index in [2.05, 4.69) is 30.3 Å². The van der Waals surface area contributed by atoms with E-state index in [1.807, 2.05) is 6.07 Å². The molecule has 1 aliphatic heterocycles. The Hall–Kier alpha value is -0.0900. The third-order valence-corrected chi connectivity index (χ3v) is 4.79. The molecule has 1 N–H and O–H groups in total. The van der Waals surface area contributed by atoms with E-state index in [1.54, 1.807) is 11.3 Å². The van der Waals surface area contributed by atoms with Crippen molar-refractivity contribution >= 4 is 22.9 Å². The summed E-state index contributed by atoms with van der Waals surface area (Å²) in [6, 6.07) is 4.13. The highest BCUT2D eigenvalue weighted by Gasteiger charge is 2.28. The summed E-state index contributed by atoms with van der Waals surface area (Å²) >= 11 is 7.63. The van der Waals surface area contributed by atoms with Crippen LogP contribution in [0.25, 0.3) is 0 Å². The molecular weight excluding hydrogens is 240 g/mol. The Labute approximate surface area is 107 Å². The highest BCUT2D eigenvalue weighted by Crippen LogP contribution is 2.26. The van der Waals surface area contributed by atoms with E-state index in [-0.39, 0.29) is 0 Å². The SMILES string of the molecule is CNC1(C)CCN(Cc2ccc(Cl)s2)CC1. The normalized spacial score (nSPS) is 21.2. The van der Waals surface area contributed by atoms with Crippen LogP contribution in [-0.2, 0) is 6.54 Å². The van der Waals surface area contributed by atoms with Crippen molar-refractivity contribution in [1.82, 2.24) is 10.2 Å². The molecule has 1 aromatic rings. The first-order valence-electron chi connectivity index (χ1n) is 5.77. The van der Waals surface area contributed by atoms with Crippen LogP contribution in [0.1, 0.15) is 24.6 Å². The minimum Gasteiger partial charge on any atom is -0.314 e. The molecule has 0 amide bonds. The molecule has 0 spiro atoms. The molecule has 2 rings (SSSR count). The quantitative estimate of drug-likeness (QED) is 0.897. The lowest BCUT2D eigenvalue weighted by Crippen LogP contribution is -2.49. The second-order valence-corrected chi connectivity index (χ2v) is 6.59. The average Bonchev–Trinajstić information content (AvgIpc) is 2.68. The highest BCUT2D eigenvalue weighted by atomic mass is 35.5. The van der Waals surface area contributed by atoms with Crippen molar-refractivity contribution in [3.8, 4) is 0 Å². The van der Waals surface area contributed by atoms with Crippen LogP contribution < -0.4 is 5.32 Å². The summed E-state index contributed by atoms with van der Waals surface area (Å²) in [6.45, 7) is 5.71. The van der Waals surface area contributed by atoms with Crippen LogP contribution in [0.5, 0.6) is 0 Å². The van der Waals surface area contributed by atoms with Crippen molar-refractivity contribution in [2.45, 2.75) is 31.8 Å². The fourth-order valence-corrected chi connectivity index (χ4v) is 3.24. The third kappa shape index (κ3) is 2.98. The van der Waals surface area contributed by atoms with E-state index < -0.39 is 0 Å². The first kappa shape index (κ1) is 12.4. The summed E-state index contributed by atoms with van der Waals surface area (Å²) < 4.78 is 0.895. The van der Waals surface area contributed by atoms with Gasteiger partial charge in [0.2, 0.25) is 0 Å². The van der Waals surface area contributed by atoms with Gasteiger partial charge in [-0.3, -0.25) is 4.90 Å². The summed E-state index contributed by atoms with van der Waals surface area (Å²) in [5.74, 6) is 0. The van der Waals surface area contributed by atoms with Gasteiger partial charge in [0.1, 0.15) is 0 Å². The van der Waals surface area contributed by atoms with Gasteiger partial charge >= 0.3 is 0 Å². The molecule has 0 bridgehead atoms. The van der Waals surface area contributed by atoms with Crippen molar-refractivity contribution in [2.24, 2.45) is 0 Å². The Bertz CT molecular complexity index is 343. The number of piperidine rings is 1. The first-order chi connectivity index (χ1) is 7.61. The second-order valence-electron chi connectivity index (χ2n) is 4.79. The molecule has 1 aliphatic rings. The Morgan fingerprint density at radius 1 is 1.44 bits per heavy atom. The third-order valence-electron chi connectivity index (χ3n) is 3.57. The van der Waals surface area contributed by atoms with Gasteiger partial charge in [0, 0.05) is 30.1 Å². The molecule has 2 heterocycles. The minimum absolute atomic E-state index is 0.337. The van der Waals surface area contributed by atoms with Crippen LogP contribution >= 0.6 is 22.9 Å². The van der Waals surface area contributed by atoms with Gasteiger partial charge in [0.05, 0.1) is 4.34 Å². The molecule has 1 fully saturated rings. The number of thiophene rings is 1. The van der Waals surface area contributed by atoms with E-state index in [4.69, 9.17) is 11.6 Å². The van der Waals surface area contributed by atoms with Crippen LogP contribution in [-0.4, -0.2) is 30.6 Å². The summed E-state index contributed by atoms with van der Waals surface area (Å²) in [7, 11) is 2.06. The molecule has 0 unspecified atom stereocenters. The number of hydrogen-bond donors (Lipinski definition) is 1. The average molecular weight is 259 g/mol. The minimum atomic E-state index is 0.337. The zero-order valence-electron chi connectivity index (χ0n) is 9.92. The lowest BCUT2D eigenvalue weighted by molar-refractivity contribution is 0.147. The van der Waals surface area contributed by atoms with Gasteiger partial charge < -0.3 is 5.32 Å². The van der Waals surface area contributed by atoms with Gasteiger partial charge in [0.25, 0.3) is 0 Å². The van der Waals surface area contributed by atoms with Gasteiger partial charge in [-0.1, -0.05) is 11.6 Å². The van der Waals surface area contributed by atoms with E-state index in [0.29, 0.717) is 5.54 Å². The maximum Gasteiger partial charge on any atom is 0.0931 e. The van der Waals surface area contributed by atoms with E-state index >= 15 is 0 Å². The van der Waals surface area contributed by atoms with Crippen molar-refractivity contribution in [3.63, 3.8) is 0 Å². The molecule has 2 nitrogen and oxygen atoms in total. The summed E-state index contributed by atoms with van der Waals surface area (Å²) in [6.07, 6.45) is 2.45. The van der Waals surface area contributed by atoms with Gasteiger partial charge in [0.15, 0.2) is 0 Å². The molecule has 1 saturated heterocycles. The van der Waals surface area contributed by atoms with E-state index in [9.17, 15) is 0 Å². The van der Waals surface area contributed by atoms with Crippen LogP contribution in [0.2, 0.25) is 4.34 Å². The fourth-order valence-electron chi connectivity index (χ4n) is 2.11. The maximum atomic E-state index is 5.94. The van der Waals surface area contributed by atoms with Crippen LogP contribution in [0.4, 0.5) is 0 Å². The number of nitrogens with one attached hydrogen (secondary N) is 1. The van der Waals surface area contributed by atoms with Crippen molar-refractivity contribution in [1.29, 1.82) is 0 Å².